The molecule has 0 saturated carbocycles. The van der Waals surface area contributed by atoms with Crippen LogP contribution in [0.5, 0.6) is 0 Å². The third-order valence-electron chi connectivity index (χ3n) is 3.78. The van der Waals surface area contributed by atoms with E-state index >= 15 is 0 Å². The number of nitrogens with zero attached hydrogens (tertiary/aromatic N) is 3. The first-order valence-corrected chi connectivity index (χ1v) is 8.43. The highest BCUT2D eigenvalue weighted by molar-refractivity contribution is 8.13. The molecule has 5 nitrogen and oxygen atoms in total. The van der Waals surface area contributed by atoms with Crippen molar-refractivity contribution in [1.82, 2.24) is 15.6 Å². The number of nitrogens with two attached hydrogens (primary N) is 1. The summed E-state index contributed by atoms with van der Waals surface area (Å²) in [6, 6.07) is 10.2. The van der Waals surface area contributed by atoms with Crippen LogP contribution in [-0.2, 0) is 10.4 Å². The van der Waals surface area contributed by atoms with Crippen LogP contribution in [0.15, 0.2) is 35.4 Å². The molecule has 0 radical (unpaired) electrons. The van der Waals surface area contributed by atoms with Gasteiger partial charge in [0.2, 0.25) is 0 Å². The molecule has 2 atom stereocenters. The number of hydrazone groups is 1. The summed E-state index contributed by atoms with van der Waals surface area (Å²) in [5.74, 6) is 0. The molecule has 0 fully saturated rings. The lowest BCUT2D eigenvalue weighted by Gasteiger charge is -2.43. The number of aryl methyl sites for hydroxylation is 1. The van der Waals surface area contributed by atoms with E-state index in [2.05, 4.69) is 39.8 Å². The number of hydrogen-bond acceptors (Lipinski definition) is 7. The number of aromatic nitrogens is 2. The molecule has 0 bridgehead atoms. The van der Waals surface area contributed by atoms with Gasteiger partial charge in [-0.05, 0) is 18.9 Å². The third-order valence-corrected chi connectivity index (χ3v) is 6.05. The van der Waals surface area contributed by atoms with Gasteiger partial charge in [-0.1, -0.05) is 60.4 Å². The van der Waals surface area contributed by atoms with Crippen molar-refractivity contribution in [3.63, 3.8) is 0 Å². The number of rotatable bonds is 4. The highest BCUT2D eigenvalue weighted by atomic mass is 32.2. The quantitative estimate of drug-likeness (QED) is 0.905. The largest absolute Gasteiger partial charge is 0.316 e. The van der Waals surface area contributed by atoms with Crippen LogP contribution in [0, 0.1) is 6.92 Å². The molecule has 1 aromatic heterocycles. The summed E-state index contributed by atoms with van der Waals surface area (Å²) in [6.45, 7) is 4.01. The minimum atomic E-state index is -0.693. The molecule has 2 heterocycles. The summed E-state index contributed by atoms with van der Waals surface area (Å²) >= 11 is 3.13. The molecule has 3 rings (SSSR count). The molecule has 1 aliphatic rings. The van der Waals surface area contributed by atoms with Gasteiger partial charge in [-0.15, -0.1) is 10.2 Å². The van der Waals surface area contributed by atoms with Crippen molar-refractivity contribution in [3.05, 3.63) is 45.9 Å². The maximum Gasteiger partial charge on any atom is 0.155 e. The van der Waals surface area contributed by atoms with E-state index in [0.717, 1.165) is 22.0 Å². The van der Waals surface area contributed by atoms with Crippen molar-refractivity contribution in [2.24, 2.45) is 10.8 Å². The van der Waals surface area contributed by atoms with Gasteiger partial charge in [0, 0.05) is 0 Å². The monoisotopic (exact) mass is 319 g/mol. The fourth-order valence-electron chi connectivity index (χ4n) is 2.54. The molecule has 21 heavy (non-hydrogen) atoms. The van der Waals surface area contributed by atoms with Crippen LogP contribution in [0.25, 0.3) is 0 Å². The number of thioether (sulfide) groups is 1. The van der Waals surface area contributed by atoms with Crippen molar-refractivity contribution in [2.45, 2.75) is 30.7 Å². The molecule has 1 aromatic carbocycles. The van der Waals surface area contributed by atoms with Crippen molar-refractivity contribution in [2.75, 3.05) is 0 Å². The molecule has 7 heteroatoms. The van der Waals surface area contributed by atoms with Crippen LogP contribution in [-0.4, -0.2) is 15.7 Å². The van der Waals surface area contributed by atoms with Gasteiger partial charge in [-0.25, -0.2) is 0 Å². The average molecular weight is 319 g/mol. The number of nitrogens with one attached hydrogen (secondary N) is 1. The Bertz CT molecular complexity index is 646. The lowest BCUT2D eigenvalue weighted by atomic mass is 9.83. The van der Waals surface area contributed by atoms with E-state index in [0.29, 0.717) is 0 Å². The van der Waals surface area contributed by atoms with E-state index in [-0.39, 0.29) is 0 Å². The van der Waals surface area contributed by atoms with Gasteiger partial charge >= 0.3 is 0 Å². The first kappa shape index (κ1) is 14.5. The maximum absolute atomic E-state index is 6.85. The van der Waals surface area contributed by atoms with Crippen molar-refractivity contribution < 1.29 is 0 Å². The van der Waals surface area contributed by atoms with E-state index in [1.165, 1.54) is 0 Å². The highest BCUT2D eigenvalue weighted by Crippen LogP contribution is 2.50. The van der Waals surface area contributed by atoms with Crippen LogP contribution < -0.4 is 11.2 Å². The van der Waals surface area contributed by atoms with E-state index in [1.54, 1.807) is 28.6 Å². The Morgan fingerprint density at radius 1 is 1.29 bits per heavy atom. The summed E-state index contributed by atoms with van der Waals surface area (Å²) < 4.78 is 0. The Kier molecular flexibility index (Phi) is 3.73. The Morgan fingerprint density at radius 3 is 2.57 bits per heavy atom. The second-order valence-electron chi connectivity index (χ2n) is 4.96. The Labute approximate surface area is 132 Å². The number of hydrogen-bond donors (Lipinski definition) is 2. The van der Waals surface area contributed by atoms with Crippen molar-refractivity contribution in [3.8, 4) is 0 Å². The normalized spacial score (nSPS) is 23.8. The fraction of sp³-hybridized carbons (Fsp3) is 0.357. The van der Waals surface area contributed by atoms with E-state index in [4.69, 9.17) is 5.73 Å². The molecular weight excluding hydrogens is 302 g/mol. The minimum Gasteiger partial charge on any atom is -0.316 e. The first-order chi connectivity index (χ1) is 10.1. The predicted octanol–water partition coefficient (Wildman–Crippen LogP) is 2.54. The molecule has 110 valence electrons. The SMILES string of the molecule is CCC(N)(c1nnc(C)s1)C1(c2ccccc2)NN=CS1. The fourth-order valence-corrected chi connectivity index (χ4v) is 4.62. The topological polar surface area (TPSA) is 76.2 Å². The molecule has 0 aliphatic carbocycles. The summed E-state index contributed by atoms with van der Waals surface area (Å²) in [6.07, 6.45) is 0.722. The van der Waals surface area contributed by atoms with Gasteiger partial charge < -0.3 is 5.73 Å². The Morgan fingerprint density at radius 2 is 2.05 bits per heavy atom. The zero-order valence-corrected chi connectivity index (χ0v) is 13.5. The molecule has 0 spiro atoms. The second-order valence-corrected chi connectivity index (χ2v) is 7.20. The zero-order valence-electron chi connectivity index (χ0n) is 11.9. The molecule has 0 amide bonds. The minimum absolute atomic E-state index is 0.561. The van der Waals surface area contributed by atoms with Gasteiger partial charge in [0.1, 0.15) is 15.6 Å². The van der Waals surface area contributed by atoms with Crippen molar-refractivity contribution in [1.29, 1.82) is 0 Å². The van der Waals surface area contributed by atoms with Crippen LogP contribution in [0.4, 0.5) is 0 Å². The van der Waals surface area contributed by atoms with Gasteiger partial charge in [0.15, 0.2) is 4.87 Å². The summed E-state index contributed by atoms with van der Waals surface area (Å²) in [5.41, 5.74) is 12.3. The standard InChI is InChI=1S/C14H17N5S2/c1-3-13(15,12-18-17-10(2)21-12)14(19-16-9-20-14)11-7-5-4-6-8-11/h4-9,19H,3,15H2,1-2H3. The first-order valence-electron chi connectivity index (χ1n) is 6.74. The summed E-state index contributed by atoms with van der Waals surface area (Å²) in [5, 5.41) is 14.4. The van der Waals surface area contributed by atoms with Gasteiger partial charge in [-0.3, -0.25) is 5.43 Å². The van der Waals surface area contributed by atoms with Crippen LogP contribution in [0.2, 0.25) is 0 Å². The zero-order chi connectivity index (χ0) is 14.9. The molecule has 0 saturated heterocycles. The second kappa shape index (κ2) is 5.40. The van der Waals surface area contributed by atoms with E-state index < -0.39 is 10.4 Å². The summed E-state index contributed by atoms with van der Waals surface area (Å²) in [7, 11) is 0. The Balaban J connectivity index is 2.15. The number of benzene rings is 1. The molecule has 2 aromatic rings. The van der Waals surface area contributed by atoms with Crippen molar-refractivity contribution >= 4 is 28.6 Å². The van der Waals surface area contributed by atoms with E-state index in [1.807, 2.05) is 25.1 Å². The van der Waals surface area contributed by atoms with Gasteiger partial charge in [0.25, 0.3) is 0 Å². The van der Waals surface area contributed by atoms with Crippen LogP contribution in [0.3, 0.4) is 0 Å². The molecule has 3 N–H and O–H groups in total. The predicted molar refractivity (Wildman–Crippen MR) is 88.1 cm³/mol. The molecular formula is C14H17N5S2. The van der Waals surface area contributed by atoms with E-state index in [9.17, 15) is 0 Å². The van der Waals surface area contributed by atoms with Crippen LogP contribution in [0.1, 0.15) is 28.9 Å². The lowest BCUT2D eigenvalue weighted by Crippen LogP contribution is -2.58. The lowest BCUT2D eigenvalue weighted by molar-refractivity contribution is 0.264. The molecule has 1 aliphatic heterocycles. The van der Waals surface area contributed by atoms with Gasteiger partial charge in [0.05, 0.1) is 5.55 Å². The van der Waals surface area contributed by atoms with Gasteiger partial charge in [-0.2, -0.15) is 5.10 Å². The summed E-state index contributed by atoms with van der Waals surface area (Å²) in [4.78, 5) is -0.561. The average Bonchev–Trinajstić information content (AvgIpc) is 3.17. The Hall–Kier alpha value is -1.44. The molecule has 2 unspecified atom stereocenters. The maximum atomic E-state index is 6.85. The third kappa shape index (κ3) is 2.16. The highest BCUT2D eigenvalue weighted by Gasteiger charge is 2.54. The smallest absolute Gasteiger partial charge is 0.155 e. The van der Waals surface area contributed by atoms with Crippen LogP contribution >= 0.6 is 23.1 Å².